The molecule has 1 saturated heterocycles. The summed E-state index contributed by atoms with van der Waals surface area (Å²) in [6, 6.07) is 6.65. The van der Waals surface area contributed by atoms with Crippen molar-refractivity contribution in [2.75, 3.05) is 13.1 Å². The van der Waals surface area contributed by atoms with Crippen LogP contribution in [0.2, 0.25) is 0 Å². The zero-order valence-corrected chi connectivity index (χ0v) is 22.4. The molecule has 0 unspecified atom stereocenters. The highest BCUT2D eigenvalue weighted by Crippen LogP contribution is 2.49. The highest BCUT2D eigenvalue weighted by Gasteiger charge is 2.44. The van der Waals surface area contributed by atoms with Crippen LogP contribution in [0.15, 0.2) is 36.4 Å². The maximum atomic E-state index is 13.7. The highest BCUT2D eigenvalue weighted by atomic mass is 19.4. The lowest BCUT2D eigenvalue weighted by atomic mass is 9.80. The third-order valence-electron chi connectivity index (χ3n) is 9.08. The minimum absolute atomic E-state index is 0.158. The van der Waals surface area contributed by atoms with Gasteiger partial charge in [0.05, 0.1) is 11.1 Å². The van der Waals surface area contributed by atoms with E-state index in [0.29, 0.717) is 55.8 Å². The Morgan fingerprint density at radius 3 is 2.23 bits per heavy atom. The van der Waals surface area contributed by atoms with E-state index >= 15 is 0 Å². The molecule has 2 aromatic rings. The van der Waals surface area contributed by atoms with Gasteiger partial charge in [0.15, 0.2) is 0 Å². The van der Waals surface area contributed by atoms with Crippen molar-refractivity contribution in [3.8, 4) is 5.75 Å². The predicted molar refractivity (Wildman–Crippen MR) is 133 cm³/mol. The molecule has 1 saturated carbocycles. The summed E-state index contributed by atoms with van der Waals surface area (Å²) in [5.41, 5.74) is -1.13. The molecule has 10 heteroatoms. The lowest BCUT2D eigenvalue weighted by Gasteiger charge is -2.46. The summed E-state index contributed by atoms with van der Waals surface area (Å²) in [7, 11) is 0. The molecule has 1 spiro atoms. The monoisotopic (exact) mass is 568 g/mol. The molecular formula is C30H32F6NO3-. The van der Waals surface area contributed by atoms with Crippen LogP contribution in [0.4, 0.5) is 26.3 Å². The van der Waals surface area contributed by atoms with E-state index in [1.807, 2.05) is 18.2 Å². The molecule has 2 heterocycles. The number of fused-ring (bicyclic) bond motifs is 1. The normalized spacial score (nSPS) is 21.8. The number of piperidine rings is 1. The van der Waals surface area contributed by atoms with Crippen molar-refractivity contribution in [3.05, 3.63) is 64.2 Å². The van der Waals surface area contributed by atoms with Gasteiger partial charge in [0.25, 0.3) is 0 Å². The Morgan fingerprint density at radius 1 is 0.975 bits per heavy atom. The average Bonchev–Trinajstić information content (AvgIpc) is 3.72. The smallest absolute Gasteiger partial charge is 0.416 e. The molecule has 40 heavy (non-hydrogen) atoms. The van der Waals surface area contributed by atoms with Gasteiger partial charge in [-0.25, -0.2) is 0 Å². The summed E-state index contributed by atoms with van der Waals surface area (Å²) < 4.78 is 87.7. The predicted octanol–water partition coefficient (Wildman–Crippen LogP) is 6.52. The van der Waals surface area contributed by atoms with Crippen molar-refractivity contribution in [1.29, 1.82) is 0 Å². The minimum Gasteiger partial charge on any atom is -0.550 e. The Labute approximate surface area is 229 Å². The van der Waals surface area contributed by atoms with E-state index in [2.05, 4.69) is 0 Å². The number of carbonyl (C=O) groups is 1. The van der Waals surface area contributed by atoms with Crippen LogP contribution in [-0.2, 0) is 23.6 Å². The molecule has 2 fully saturated rings. The van der Waals surface area contributed by atoms with Crippen LogP contribution in [0.1, 0.15) is 85.7 Å². The SMILES string of the molecule is C[C@H](C(=O)[O-])[C@H](c1ccc2c(c1)OC1(CC2)CCN([C@H](C)c2cc(C(F)(F)F)ccc2C(F)(F)F)CC1)C1CC1. The number of halogens is 6. The molecule has 0 radical (unpaired) electrons. The van der Waals surface area contributed by atoms with Gasteiger partial charge in [-0.15, -0.1) is 0 Å². The van der Waals surface area contributed by atoms with E-state index in [1.165, 1.54) is 6.92 Å². The van der Waals surface area contributed by atoms with E-state index in [9.17, 15) is 36.2 Å². The van der Waals surface area contributed by atoms with Gasteiger partial charge in [-0.05, 0) is 98.2 Å². The summed E-state index contributed by atoms with van der Waals surface area (Å²) in [5, 5.41) is 11.6. The molecule has 3 atom stereocenters. The Kier molecular flexibility index (Phi) is 7.38. The van der Waals surface area contributed by atoms with Gasteiger partial charge in [-0.1, -0.05) is 19.1 Å². The van der Waals surface area contributed by atoms with Crippen molar-refractivity contribution in [1.82, 2.24) is 4.90 Å². The molecular weight excluding hydrogens is 536 g/mol. The van der Waals surface area contributed by atoms with E-state index in [4.69, 9.17) is 4.74 Å². The van der Waals surface area contributed by atoms with Crippen LogP contribution in [0.3, 0.4) is 0 Å². The molecule has 2 aliphatic heterocycles. The first-order chi connectivity index (χ1) is 18.7. The number of nitrogens with zero attached hydrogens (tertiary/aromatic N) is 1. The summed E-state index contributed by atoms with van der Waals surface area (Å²) in [4.78, 5) is 13.4. The van der Waals surface area contributed by atoms with Crippen LogP contribution in [-0.4, -0.2) is 29.6 Å². The zero-order chi connectivity index (χ0) is 29.0. The fraction of sp³-hybridized carbons (Fsp3) is 0.567. The first-order valence-corrected chi connectivity index (χ1v) is 13.7. The summed E-state index contributed by atoms with van der Waals surface area (Å²) in [6.07, 6.45) is -5.07. The molecule has 0 amide bonds. The molecule has 0 N–H and O–H groups in total. The molecule has 0 bridgehead atoms. The van der Waals surface area contributed by atoms with E-state index in [-0.39, 0.29) is 11.5 Å². The molecule has 2 aromatic carbocycles. The van der Waals surface area contributed by atoms with Crippen molar-refractivity contribution in [2.24, 2.45) is 11.8 Å². The van der Waals surface area contributed by atoms with E-state index in [0.717, 1.165) is 36.8 Å². The van der Waals surface area contributed by atoms with Gasteiger partial charge in [0, 0.05) is 31.0 Å². The largest absolute Gasteiger partial charge is 0.550 e. The highest BCUT2D eigenvalue weighted by molar-refractivity contribution is 5.69. The lowest BCUT2D eigenvalue weighted by Crippen LogP contribution is -2.50. The number of carboxylic acids is 1. The van der Waals surface area contributed by atoms with Gasteiger partial charge in [-0.3, -0.25) is 4.90 Å². The molecule has 3 aliphatic rings. The molecule has 0 aromatic heterocycles. The molecule has 1 aliphatic carbocycles. The Bertz CT molecular complexity index is 1260. The fourth-order valence-electron chi connectivity index (χ4n) is 6.51. The van der Waals surface area contributed by atoms with Crippen LogP contribution < -0.4 is 9.84 Å². The van der Waals surface area contributed by atoms with Crippen molar-refractivity contribution >= 4 is 5.97 Å². The number of rotatable bonds is 6. The topological polar surface area (TPSA) is 52.6 Å². The number of aryl methyl sites for hydroxylation is 1. The second-order valence-corrected chi connectivity index (χ2v) is 11.6. The number of hydrogen-bond donors (Lipinski definition) is 0. The third kappa shape index (κ3) is 5.69. The van der Waals surface area contributed by atoms with Crippen molar-refractivity contribution in [3.63, 3.8) is 0 Å². The second kappa shape index (κ2) is 10.3. The van der Waals surface area contributed by atoms with Gasteiger partial charge < -0.3 is 14.6 Å². The number of carbonyl (C=O) groups excluding carboxylic acids is 1. The molecule has 4 nitrogen and oxygen atoms in total. The van der Waals surface area contributed by atoms with Crippen molar-refractivity contribution < 1.29 is 41.0 Å². The van der Waals surface area contributed by atoms with Crippen molar-refractivity contribution in [2.45, 2.75) is 82.3 Å². The van der Waals surface area contributed by atoms with Gasteiger partial charge in [0.1, 0.15) is 11.4 Å². The summed E-state index contributed by atoms with van der Waals surface area (Å²) in [6.45, 7) is 3.93. The molecule has 5 rings (SSSR count). The Hall–Kier alpha value is -2.75. The van der Waals surface area contributed by atoms with Gasteiger partial charge in [0.2, 0.25) is 0 Å². The summed E-state index contributed by atoms with van der Waals surface area (Å²) >= 11 is 0. The number of hydrogen-bond acceptors (Lipinski definition) is 4. The number of ether oxygens (including phenoxy) is 1. The van der Waals surface area contributed by atoms with Crippen LogP contribution in [0.5, 0.6) is 5.75 Å². The first-order valence-electron chi connectivity index (χ1n) is 13.7. The first kappa shape index (κ1) is 28.8. The average molecular weight is 569 g/mol. The van der Waals surface area contributed by atoms with Crippen LogP contribution >= 0.6 is 0 Å². The number of benzene rings is 2. The van der Waals surface area contributed by atoms with E-state index in [1.54, 1.807) is 11.8 Å². The number of alkyl halides is 6. The zero-order valence-electron chi connectivity index (χ0n) is 22.4. The van der Waals surface area contributed by atoms with Gasteiger partial charge >= 0.3 is 12.4 Å². The number of aliphatic carboxylic acids is 1. The van der Waals surface area contributed by atoms with Crippen LogP contribution in [0, 0.1) is 11.8 Å². The number of likely N-dealkylation sites (tertiary alicyclic amines) is 1. The molecule has 218 valence electrons. The maximum absolute atomic E-state index is 13.7. The second-order valence-electron chi connectivity index (χ2n) is 11.6. The maximum Gasteiger partial charge on any atom is 0.416 e. The minimum atomic E-state index is -4.77. The quantitative estimate of drug-likeness (QED) is 0.372. The standard InChI is InChI=1S/C30H33F6NO3/c1-17(27(38)39)26(20-4-5-20)21-6-3-19-9-10-28(40-25(19)15-21)11-13-37(14-12-28)18(2)23-16-22(29(31,32)33)7-8-24(23)30(34,35)36/h3,6-8,15-18,20,26H,4-5,9-14H2,1-2H3,(H,38,39)/p-1/t17-,18+,26-/m0/s1. The fourth-order valence-corrected chi connectivity index (χ4v) is 6.51. The Balaban J connectivity index is 1.33. The Morgan fingerprint density at radius 2 is 1.65 bits per heavy atom. The van der Waals surface area contributed by atoms with Crippen LogP contribution in [0.25, 0.3) is 0 Å². The summed E-state index contributed by atoms with van der Waals surface area (Å²) in [5.74, 6) is -0.868. The van der Waals surface area contributed by atoms with Gasteiger partial charge in [-0.2, -0.15) is 26.3 Å². The van der Waals surface area contributed by atoms with E-state index < -0.39 is 47.0 Å². The number of carboxylic acid groups (broad SMARTS) is 1. The third-order valence-corrected chi connectivity index (χ3v) is 9.08. The lowest BCUT2D eigenvalue weighted by molar-refractivity contribution is -0.311.